The van der Waals surface area contributed by atoms with Crippen molar-refractivity contribution < 1.29 is 19.2 Å². The lowest BCUT2D eigenvalue weighted by Gasteiger charge is -2.29. The fourth-order valence-electron chi connectivity index (χ4n) is 4.36. The average Bonchev–Trinajstić information content (AvgIpc) is 3.32. The van der Waals surface area contributed by atoms with Crippen molar-refractivity contribution in [2.24, 2.45) is 5.92 Å². The molecule has 2 saturated heterocycles. The second-order valence-electron chi connectivity index (χ2n) is 7.48. The molecule has 2 aliphatic rings. The Morgan fingerprint density at radius 2 is 1.48 bits per heavy atom. The Hall–Kier alpha value is -3.64. The summed E-state index contributed by atoms with van der Waals surface area (Å²) >= 11 is 0. The molecular formula is C25H22N2O4. The van der Waals surface area contributed by atoms with E-state index in [1.54, 1.807) is 23.3 Å². The van der Waals surface area contributed by atoms with Crippen molar-refractivity contribution in [3.63, 3.8) is 0 Å². The number of carbonyl (C=O) groups excluding carboxylic acids is 2. The Morgan fingerprint density at radius 1 is 0.839 bits per heavy atom. The van der Waals surface area contributed by atoms with E-state index in [2.05, 4.69) is 0 Å². The number of amides is 2. The number of para-hydroxylation sites is 3. The molecule has 5 rings (SSSR count). The van der Waals surface area contributed by atoms with Gasteiger partial charge in [0.05, 0.1) is 24.0 Å². The number of benzene rings is 3. The Morgan fingerprint density at radius 3 is 2.19 bits per heavy atom. The summed E-state index contributed by atoms with van der Waals surface area (Å²) in [6, 6.07) is 25.9. The molecule has 2 aliphatic heterocycles. The first kappa shape index (κ1) is 19.3. The van der Waals surface area contributed by atoms with Gasteiger partial charge in [-0.3, -0.25) is 14.4 Å². The third-order valence-corrected chi connectivity index (χ3v) is 5.67. The van der Waals surface area contributed by atoms with E-state index in [1.807, 2.05) is 73.7 Å². The number of anilines is 2. The molecule has 2 fully saturated rings. The average molecular weight is 414 g/mol. The first-order chi connectivity index (χ1) is 15.2. The molecule has 6 heteroatoms. The van der Waals surface area contributed by atoms with Crippen LogP contribution in [-0.4, -0.2) is 24.5 Å². The predicted octanol–water partition coefficient (Wildman–Crippen LogP) is 4.14. The summed E-state index contributed by atoms with van der Waals surface area (Å²) in [7, 11) is 0. The normalized spacial score (nSPS) is 22.7. The number of ether oxygens (including phenoxy) is 1. The van der Waals surface area contributed by atoms with Crippen LogP contribution in [0.1, 0.15) is 18.5 Å². The van der Waals surface area contributed by atoms with E-state index >= 15 is 0 Å². The Labute approximate surface area is 180 Å². The Balaban J connectivity index is 1.58. The topological polar surface area (TPSA) is 59.1 Å². The van der Waals surface area contributed by atoms with Gasteiger partial charge in [0, 0.05) is 0 Å². The highest BCUT2D eigenvalue weighted by Gasteiger charge is 2.60. The van der Waals surface area contributed by atoms with Crippen LogP contribution < -0.4 is 14.7 Å². The lowest BCUT2D eigenvalue weighted by molar-refractivity contribution is -0.126. The number of imide groups is 1. The maximum atomic E-state index is 13.7. The number of carbonyl (C=O) groups is 2. The van der Waals surface area contributed by atoms with Gasteiger partial charge < -0.3 is 4.74 Å². The van der Waals surface area contributed by atoms with Gasteiger partial charge in [-0.25, -0.2) is 9.96 Å². The van der Waals surface area contributed by atoms with Crippen molar-refractivity contribution in [2.45, 2.75) is 19.1 Å². The molecule has 3 aromatic rings. The third kappa shape index (κ3) is 3.16. The second kappa shape index (κ2) is 7.89. The van der Waals surface area contributed by atoms with Gasteiger partial charge in [0.1, 0.15) is 11.7 Å². The summed E-state index contributed by atoms with van der Waals surface area (Å²) < 4.78 is 5.67. The van der Waals surface area contributed by atoms with Gasteiger partial charge in [-0.05, 0) is 36.8 Å². The summed E-state index contributed by atoms with van der Waals surface area (Å²) in [5.74, 6) is -0.816. The molecule has 0 spiro atoms. The Kier molecular flexibility index (Phi) is 4.92. The fourth-order valence-corrected chi connectivity index (χ4v) is 4.36. The number of hydroxylamine groups is 1. The maximum Gasteiger partial charge on any atom is 0.266 e. The minimum Gasteiger partial charge on any atom is -0.492 e. The Bertz CT molecular complexity index is 1100. The van der Waals surface area contributed by atoms with Crippen LogP contribution in [0.15, 0.2) is 84.9 Å². The fraction of sp³-hybridized carbons (Fsp3) is 0.200. The highest BCUT2D eigenvalue weighted by molar-refractivity contribution is 6.24. The zero-order valence-electron chi connectivity index (χ0n) is 17.0. The van der Waals surface area contributed by atoms with E-state index < -0.39 is 18.1 Å². The minimum atomic E-state index is -0.896. The SMILES string of the molecule is CCOc1ccccc1N1C(=O)[C@H]2[C@@H](c3ccccc3)N(c3ccccc3)O[C@H]2C1=O. The van der Waals surface area contributed by atoms with E-state index in [4.69, 9.17) is 9.57 Å². The summed E-state index contributed by atoms with van der Waals surface area (Å²) in [6.45, 7) is 2.30. The highest BCUT2D eigenvalue weighted by Crippen LogP contribution is 2.48. The minimum absolute atomic E-state index is 0.283. The molecule has 0 aromatic heterocycles. The number of fused-ring (bicyclic) bond motifs is 1. The maximum absolute atomic E-state index is 13.7. The van der Waals surface area contributed by atoms with E-state index in [1.165, 1.54) is 4.90 Å². The molecule has 31 heavy (non-hydrogen) atoms. The predicted molar refractivity (Wildman–Crippen MR) is 117 cm³/mol. The molecule has 2 heterocycles. The molecule has 0 bridgehead atoms. The van der Waals surface area contributed by atoms with Crippen LogP contribution >= 0.6 is 0 Å². The summed E-state index contributed by atoms with van der Waals surface area (Å²) in [5.41, 5.74) is 2.17. The summed E-state index contributed by atoms with van der Waals surface area (Å²) in [5, 5.41) is 1.70. The molecular weight excluding hydrogens is 392 g/mol. The van der Waals surface area contributed by atoms with Gasteiger partial charge in [-0.15, -0.1) is 0 Å². The molecule has 0 unspecified atom stereocenters. The molecule has 3 aromatic carbocycles. The largest absolute Gasteiger partial charge is 0.492 e. The zero-order chi connectivity index (χ0) is 21.4. The quantitative estimate of drug-likeness (QED) is 0.588. The van der Waals surface area contributed by atoms with Crippen LogP contribution in [0, 0.1) is 5.92 Å². The van der Waals surface area contributed by atoms with Crippen LogP contribution in [0.5, 0.6) is 5.75 Å². The van der Waals surface area contributed by atoms with Gasteiger partial charge in [-0.1, -0.05) is 60.7 Å². The van der Waals surface area contributed by atoms with Gasteiger partial charge >= 0.3 is 0 Å². The van der Waals surface area contributed by atoms with E-state index in [0.717, 1.165) is 11.3 Å². The van der Waals surface area contributed by atoms with Gasteiger partial charge in [-0.2, -0.15) is 0 Å². The summed E-state index contributed by atoms with van der Waals surface area (Å²) in [4.78, 5) is 34.4. The zero-order valence-corrected chi connectivity index (χ0v) is 17.0. The van der Waals surface area contributed by atoms with Gasteiger partial charge in [0.15, 0.2) is 6.10 Å². The molecule has 0 saturated carbocycles. The molecule has 6 nitrogen and oxygen atoms in total. The van der Waals surface area contributed by atoms with Crippen molar-refractivity contribution in [3.05, 3.63) is 90.5 Å². The van der Waals surface area contributed by atoms with Crippen molar-refractivity contribution >= 4 is 23.2 Å². The van der Waals surface area contributed by atoms with E-state index in [-0.39, 0.29) is 11.8 Å². The smallest absolute Gasteiger partial charge is 0.266 e. The van der Waals surface area contributed by atoms with Crippen LogP contribution in [0.3, 0.4) is 0 Å². The van der Waals surface area contributed by atoms with E-state index in [0.29, 0.717) is 18.0 Å². The van der Waals surface area contributed by atoms with Crippen molar-refractivity contribution in [1.29, 1.82) is 0 Å². The number of hydrogen-bond donors (Lipinski definition) is 0. The van der Waals surface area contributed by atoms with Crippen LogP contribution in [0.25, 0.3) is 0 Å². The first-order valence-electron chi connectivity index (χ1n) is 10.4. The van der Waals surface area contributed by atoms with Gasteiger partial charge in [0.2, 0.25) is 5.91 Å². The van der Waals surface area contributed by atoms with Crippen molar-refractivity contribution in [2.75, 3.05) is 16.6 Å². The standard InChI is InChI=1S/C25H22N2O4/c1-2-30-20-16-10-9-15-19(20)26-24(28)21-22(17-11-5-3-6-12-17)27(31-23(21)25(26)29)18-13-7-4-8-14-18/h3-16,21-23H,2H2,1H3/t21-,22+,23+/m0/s1. The van der Waals surface area contributed by atoms with Crippen LogP contribution in [-0.2, 0) is 14.4 Å². The molecule has 3 atom stereocenters. The molecule has 0 radical (unpaired) electrons. The van der Waals surface area contributed by atoms with Crippen LogP contribution in [0.4, 0.5) is 11.4 Å². The number of rotatable bonds is 5. The van der Waals surface area contributed by atoms with Crippen molar-refractivity contribution in [1.82, 2.24) is 0 Å². The lowest BCUT2D eigenvalue weighted by atomic mass is 9.90. The highest BCUT2D eigenvalue weighted by atomic mass is 16.7. The third-order valence-electron chi connectivity index (χ3n) is 5.67. The number of nitrogens with zero attached hydrogens (tertiary/aromatic N) is 2. The second-order valence-corrected chi connectivity index (χ2v) is 7.48. The lowest BCUT2D eigenvalue weighted by Crippen LogP contribution is -2.37. The summed E-state index contributed by atoms with van der Waals surface area (Å²) in [6.07, 6.45) is -0.896. The van der Waals surface area contributed by atoms with Crippen molar-refractivity contribution in [3.8, 4) is 5.75 Å². The van der Waals surface area contributed by atoms with E-state index in [9.17, 15) is 9.59 Å². The molecule has 2 amide bonds. The first-order valence-corrected chi connectivity index (χ1v) is 10.4. The molecule has 156 valence electrons. The monoisotopic (exact) mass is 414 g/mol. The van der Waals surface area contributed by atoms with Gasteiger partial charge in [0.25, 0.3) is 5.91 Å². The number of hydrogen-bond acceptors (Lipinski definition) is 5. The van der Waals surface area contributed by atoms with Crippen LogP contribution in [0.2, 0.25) is 0 Å². The molecule has 0 N–H and O–H groups in total. The molecule has 0 aliphatic carbocycles.